The molecule has 0 aliphatic rings. The van der Waals surface area contributed by atoms with Crippen LogP contribution in [0, 0.1) is 0 Å². The number of rotatable bonds is 3. The first-order valence-electron chi connectivity index (χ1n) is 3.58. The minimum Gasteiger partial charge on any atom is -0.381 e. The number of nitrogens with zero attached hydrogens (tertiary/aromatic N) is 1. The Balaban J connectivity index is 3.81. The molecule has 0 fully saturated rings. The van der Waals surface area contributed by atoms with E-state index in [0.29, 0.717) is 0 Å². The summed E-state index contributed by atoms with van der Waals surface area (Å²) in [6, 6.07) is 0. The third-order valence-electron chi connectivity index (χ3n) is 1.38. The zero-order chi connectivity index (χ0) is 7.28. The molecule has 0 heterocycles. The van der Waals surface area contributed by atoms with E-state index in [9.17, 15) is 0 Å². The highest BCUT2D eigenvalue weighted by Gasteiger charge is 1.91. The molecule has 0 aromatic carbocycles. The third-order valence-corrected chi connectivity index (χ3v) is 1.38. The van der Waals surface area contributed by atoms with Crippen LogP contribution in [-0.2, 0) is 0 Å². The average molecular weight is 127 g/mol. The first kappa shape index (κ1) is 8.54. The summed E-state index contributed by atoms with van der Waals surface area (Å²) in [5, 5.41) is 0. The van der Waals surface area contributed by atoms with E-state index in [1.807, 2.05) is 0 Å². The molecule has 0 aromatic rings. The Morgan fingerprint density at radius 3 is 2.00 bits per heavy atom. The van der Waals surface area contributed by atoms with Crippen LogP contribution >= 0.6 is 0 Å². The molecular weight excluding hydrogens is 110 g/mol. The van der Waals surface area contributed by atoms with Crippen molar-refractivity contribution >= 4 is 0 Å². The van der Waals surface area contributed by atoms with Crippen molar-refractivity contribution in [3.8, 4) is 0 Å². The Labute approximate surface area is 58.4 Å². The molecule has 0 atom stereocenters. The molecule has 0 spiro atoms. The molecule has 0 N–H and O–H groups in total. The van der Waals surface area contributed by atoms with Crippen LogP contribution in [0.15, 0.2) is 11.8 Å². The molecule has 54 valence electrons. The normalized spacial score (nSPS) is 11.8. The van der Waals surface area contributed by atoms with Gasteiger partial charge >= 0.3 is 0 Å². The maximum Gasteiger partial charge on any atom is 0.00840 e. The molecule has 0 saturated heterocycles. The van der Waals surface area contributed by atoms with Crippen LogP contribution < -0.4 is 0 Å². The topological polar surface area (TPSA) is 3.24 Å². The van der Waals surface area contributed by atoms with Crippen LogP contribution in [0.1, 0.15) is 26.7 Å². The van der Waals surface area contributed by atoms with Gasteiger partial charge in [0, 0.05) is 19.8 Å². The fourth-order valence-electron chi connectivity index (χ4n) is 0.879. The van der Waals surface area contributed by atoms with Crippen molar-refractivity contribution in [2.45, 2.75) is 26.7 Å². The van der Waals surface area contributed by atoms with E-state index in [-0.39, 0.29) is 0 Å². The zero-order valence-corrected chi connectivity index (χ0v) is 6.94. The van der Waals surface area contributed by atoms with Gasteiger partial charge in [0.25, 0.3) is 0 Å². The van der Waals surface area contributed by atoms with E-state index in [2.05, 4.69) is 38.9 Å². The fourth-order valence-corrected chi connectivity index (χ4v) is 0.879. The number of hydrogen-bond acceptors (Lipinski definition) is 1. The summed E-state index contributed by atoms with van der Waals surface area (Å²) in [7, 11) is 4.18. The summed E-state index contributed by atoms with van der Waals surface area (Å²) < 4.78 is 0. The highest BCUT2D eigenvalue weighted by molar-refractivity contribution is 4.97. The number of allylic oxidation sites excluding steroid dienone is 2. The van der Waals surface area contributed by atoms with E-state index in [1.165, 1.54) is 5.70 Å². The fraction of sp³-hybridized carbons (Fsp3) is 0.750. The third kappa shape index (κ3) is 3.17. The largest absolute Gasteiger partial charge is 0.381 e. The van der Waals surface area contributed by atoms with Crippen molar-refractivity contribution in [2.24, 2.45) is 0 Å². The predicted octanol–water partition coefficient (Wildman–Crippen LogP) is 2.25. The first-order valence-corrected chi connectivity index (χ1v) is 3.58. The zero-order valence-electron chi connectivity index (χ0n) is 6.94. The molecule has 0 bridgehead atoms. The van der Waals surface area contributed by atoms with Gasteiger partial charge in [-0.2, -0.15) is 0 Å². The smallest absolute Gasteiger partial charge is 0.00840 e. The van der Waals surface area contributed by atoms with Crippen LogP contribution in [-0.4, -0.2) is 19.0 Å². The SMILES string of the molecule is CC/C=C(/CC)N(C)C. The van der Waals surface area contributed by atoms with Crippen molar-refractivity contribution in [1.82, 2.24) is 4.90 Å². The molecular formula is C8H17N. The van der Waals surface area contributed by atoms with Gasteiger partial charge in [-0.1, -0.05) is 19.9 Å². The lowest BCUT2D eigenvalue weighted by Crippen LogP contribution is -2.09. The summed E-state index contributed by atoms with van der Waals surface area (Å²) in [6.07, 6.45) is 4.54. The first-order chi connectivity index (χ1) is 4.22. The lowest BCUT2D eigenvalue weighted by atomic mass is 10.3. The second-order valence-electron chi connectivity index (χ2n) is 2.35. The molecule has 9 heavy (non-hydrogen) atoms. The standard InChI is InChI=1S/C8H17N/c1-5-7-8(6-2)9(3)4/h7H,5-6H2,1-4H3/b8-7-. The maximum absolute atomic E-state index is 2.26. The lowest BCUT2D eigenvalue weighted by molar-refractivity contribution is 0.491. The summed E-state index contributed by atoms with van der Waals surface area (Å²) >= 11 is 0. The quantitative estimate of drug-likeness (QED) is 0.562. The van der Waals surface area contributed by atoms with Crippen LogP contribution in [0.3, 0.4) is 0 Å². The van der Waals surface area contributed by atoms with E-state index >= 15 is 0 Å². The summed E-state index contributed by atoms with van der Waals surface area (Å²) in [6.45, 7) is 4.35. The predicted molar refractivity (Wildman–Crippen MR) is 42.4 cm³/mol. The van der Waals surface area contributed by atoms with E-state index in [1.54, 1.807) is 0 Å². The van der Waals surface area contributed by atoms with Crippen LogP contribution in [0.5, 0.6) is 0 Å². The summed E-state index contributed by atoms with van der Waals surface area (Å²) in [5.41, 5.74) is 1.43. The van der Waals surface area contributed by atoms with Gasteiger partial charge in [0.2, 0.25) is 0 Å². The van der Waals surface area contributed by atoms with E-state index in [0.717, 1.165) is 12.8 Å². The van der Waals surface area contributed by atoms with E-state index < -0.39 is 0 Å². The molecule has 0 radical (unpaired) electrons. The molecule has 0 saturated carbocycles. The summed E-state index contributed by atoms with van der Waals surface area (Å²) in [4.78, 5) is 2.17. The second kappa shape index (κ2) is 4.42. The molecule has 0 aromatic heterocycles. The molecule has 0 rings (SSSR count). The van der Waals surface area contributed by atoms with Gasteiger partial charge in [-0.3, -0.25) is 0 Å². The van der Waals surface area contributed by atoms with Crippen molar-refractivity contribution in [3.05, 3.63) is 11.8 Å². The van der Waals surface area contributed by atoms with Crippen molar-refractivity contribution in [3.63, 3.8) is 0 Å². The van der Waals surface area contributed by atoms with Gasteiger partial charge in [0.1, 0.15) is 0 Å². The van der Waals surface area contributed by atoms with Crippen molar-refractivity contribution in [2.75, 3.05) is 14.1 Å². The molecule has 0 aliphatic carbocycles. The van der Waals surface area contributed by atoms with E-state index in [4.69, 9.17) is 0 Å². The van der Waals surface area contributed by atoms with Crippen molar-refractivity contribution < 1.29 is 0 Å². The van der Waals surface area contributed by atoms with Crippen molar-refractivity contribution in [1.29, 1.82) is 0 Å². The highest BCUT2D eigenvalue weighted by Crippen LogP contribution is 2.03. The van der Waals surface area contributed by atoms with Gasteiger partial charge in [-0.25, -0.2) is 0 Å². The monoisotopic (exact) mass is 127 g/mol. The highest BCUT2D eigenvalue weighted by atomic mass is 15.1. The Hall–Kier alpha value is -0.460. The minimum atomic E-state index is 1.14. The van der Waals surface area contributed by atoms with Gasteiger partial charge in [-0.05, 0) is 12.8 Å². The average Bonchev–Trinajstić information content (AvgIpc) is 1.82. The minimum absolute atomic E-state index is 1.14. The van der Waals surface area contributed by atoms with Gasteiger partial charge in [0.15, 0.2) is 0 Å². The molecule has 0 aliphatic heterocycles. The second-order valence-corrected chi connectivity index (χ2v) is 2.35. The van der Waals surface area contributed by atoms with Crippen LogP contribution in [0.25, 0.3) is 0 Å². The molecule has 1 heteroatoms. The molecule has 1 nitrogen and oxygen atoms in total. The van der Waals surface area contributed by atoms with Gasteiger partial charge in [0.05, 0.1) is 0 Å². The lowest BCUT2D eigenvalue weighted by Gasteiger charge is -2.14. The van der Waals surface area contributed by atoms with Gasteiger partial charge in [-0.15, -0.1) is 0 Å². The Morgan fingerprint density at radius 2 is 1.89 bits per heavy atom. The Morgan fingerprint density at radius 1 is 1.33 bits per heavy atom. The molecule has 0 unspecified atom stereocenters. The Bertz CT molecular complexity index is 92.7. The summed E-state index contributed by atoms with van der Waals surface area (Å²) in [5.74, 6) is 0. The number of hydrogen-bond donors (Lipinski definition) is 0. The van der Waals surface area contributed by atoms with Gasteiger partial charge < -0.3 is 4.90 Å². The Kier molecular flexibility index (Phi) is 4.20. The van der Waals surface area contributed by atoms with Crippen LogP contribution in [0.2, 0.25) is 0 Å². The van der Waals surface area contributed by atoms with Crippen LogP contribution in [0.4, 0.5) is 0 Å². The maximum atomic E-state index is 2.26. The molecule has 0 amide bonds.